The number of likely N-dealkylation sites (tertiary alicyclic amines) is 1. The Morgan fingerprint density at radius 2 is 1.87 bits per heavy atom. The number of fused-ring (bicyclic) bond motifs is 1. The van der Waals surface area contributed by atoms with E-state index in [9.17, 15) is 9.59 Å². The van der Waals surface area contributed by atoms with E-state index in [1.807, 2.05) is 28.8 Å². The third-order valence-electron chi connectivity index (χ3n) is 6.59. The SMILES string of the molecule is Cn1cnc(CN2CCCC2c2nc3ccccc3c(=O)n2C2CCCC2)cc1=O. The van der Waals surface area contributed by atoms with Crippen LogP contribution < -0.4 is 11.1 Å². The molecule has 1 unspecified atom stereocenters. The minimum absolute atomic E-state index is 0.0533. The van der Waals surface area contributed by atoms with Crippen LogP contribution in [-0.2, 0) is 13.6 Å². The van der Waals surface area contributed by atoms with E-state index in [0.29, 0.717) is 11.9 Å². The highest BCUT2D eigenvalue weighted by Gasteiger charge is 2.33. The number of rotatable bonds is 4. The maximum absolute atomic E-state index is 13.5. The molecule has 1 saturated carbocycles. The van der Waals surface area contributed by atoms with Crippen molar-refractivity contribution in [2.24, 2.45) is 7.05 Å². The Balaban J connectivity index is 1.58. The van der Waals surface area contributed by atoms with Crippen LogP contribution in [0, 0.1) is 0 Å². The van der Waals surface area contributed by atoms with Crippen molar-refractivity contribution in [1.82, 2.24) is 24.0 Å². The Labute approximate surface area is 175 Å². The summed E-state index contributed by atoms with van der Waals surface area (Å²) in [5.41, 5.74) is 1.56. The number of aryl methyl sites for hydroxylation is 1. The Morgan fingerprint density at radius 3 is 2.67 bits per heavy atom. The van der Waals surface area contributed by atoms with E-state index in [2.05, 4.69) is 9.88 Å². The van der Waals surface area contributed by atoms with Crippen LogP contribution in [0.2, 0.25) is 0 Å². The summed E-state index contributed by atoms with van der Waals surface area (Å²) in [6, 6.07) is 9.56. The third kappa shape index (κ3) is 3.37. The number of nitrogens with zero attached hydrogens (tertiary/aromatic N) is 5. The Kier molecular flexibility index (Phi) is 4.98. The van der Waals surface area contributed by atoms with Gasteiger partial charge in [-0.25, -0.2) is 9.97 Å². The zero-order valence-electron chi connectivity index (χ0n) is 17.3. The van der Waals surface area contributed by atoms with Crippen molar-refractivity contribution in [3.63, 3.8) is 0 Å². The van der Waals surface area contributed by atoms with Crippen LogP contribution >= 0.6 is 0 Å². The molecule has 7 nitrogen and oxygen atoms in total. The van der Waals surface area contributed by atoms with Crippen molar-refractivity contribution in [2.45, 2.75) is 57.2 Å². The van der Waals surface area contributed by atoms with Crippen molar-refractivity contribution in [1.29, 1.82) is 0 Å². The molecule has 1 atom stereocenters. The van der Waals surface area contributed by atoms with E-state index in [1.165, 1.54) is 4.57 Å². The Hall–Kier alpha value is -2.80. The number of hydrogen-bond acceptors (Lipinski definition) is 5. The van der Waals surface area contributed by atoms with Gasteiger partial charge in [0.05, 0.1) is 29.0 Å². The van der Waals surface area contributed by atoms with Gasteiger partial charge in [-0.05, 0) is 44.4 Å². The molecule has 3 aromatic rings. The molecule has 2 fully saturated rings. The first-order valence-corrected chi connectivity index (χ1v) is 10.9. The molecule has 3 heterocycles. The number of benzene rings is 1. The van der Waals surface area contributed by atoms with E-state index < -0.39 is 0 Å². The first-order valence-electron chi connectivity index (χ1n) is 10.9. The van der Waals surface area contributed by atoms with Gasteiger partial charge in [-0.3, -0.25) is 19.1 Å². The lowest BCUT2D eigenvalue weighted by atomic mass is 10.1. The molecule has 1 aliphatic heterocycles. The van der Waals surface area contributed by atoms with Crippen molar-refractivity contribution in [3.05, 3.63) is 68.9 Å². The molecule has 7 heteroatoms. The maximum atomic E-state index is 13.5. The first kappa shape index (κ1) is 19.2. The molecule has 1 saturated heterocycles. The van der Waals surface area contributed by atoms with Gasteiger partial charge in [0.1, 0.15) is 5.82 Å². The molecule has 0 radical (unpaired) electrons. The Bertz CT molecular complexity index is 1190. The predicted octanol–water partition coefficient (Wildman–Crippen LogP) is 2.94. The molecule has 0 N–H and O–H groups in total. The fourth-order valence-corrected chi connectivity index (χ4v) is 5.02. The van der Waals surface area contributed by atoms with Crippen LogP contribution in [0.1, 0.15) is 62.1 Å². The summed E-state index contributed by atoms with van der Waals surface area (Å²) >= 11 is 0. The van der Waals surface area contributed by atoms with Crippen molar-refractivity contribution >= 4 is 10.9 Å². The largest absolute Gasteiger partial charge is 0.302 e. The Morgan fingerprint density at radius 1 is 1.07 bits per heavy atom. The average Bonchev–Trinajstić information content (AvgIpc) is 3.43. The van der Waals surface area contributed by atoms with Crippen molar-refractivity contribution < 1.29 is 0 Å². The molecule has 2 aromatic heterocycles. The zero-order valence-corrected chi connectivity index (χ0v) is 17.3. The molecular formula is C23H27N5O2. The van der Waals surface area contributed by atoms with Gasteiger partial charge in [-0.15, -0.1) is 0 Å². The first-order chi connectivity index (χ1) is 14.6. The monoisotopic (exact) mass is 405 g/mol. The normalized spacial score (nSPS) is 20.4. The van der Waals surface area contributed by atoms with E-state index >= 15 is 0 Å². The quantitative estimate of drug-likeness (QED) is 0.667. The van der Waals surface area contributed by atoms with Gasteiger partial charge in [-0.1, -0.05) is 25.0 Å². The molecule has 5 rings (SSSR count). The maximum Gasteiger partial charge on any atom is 0.261 e. The van der Waals surface area contributed by atoms with Crippen LogP contribution in [0.25, 0.3) is 10.9 Å². The van der Waals surface area contributed by atoms with E-state index in [-0.39, 0.29) is 23.2 Å². The van der Waals surface area contributed by atoms with Gasteiger partial charge in [-0.2, -0.15) is 0 Å². The minimum atomic E-state index is -0.0533. The van der Waals surface area contributed by atoms with Crippen LogP contribution in [0.15, 0.2) is 46.2 Å². The summed E-state index contributed by atoms with van der Waals surface area (Å²) in [7, 11) is 1.71. The number of hydrogen-bond donors (Lipinski definition) is 0. The minimum Gasteiger partial charge on any atom is -0.302 e. The molecule has 1 aliphatic carbocycles. The second kappa shape index (κ2) is 7.80. The second-order valence-electron chi connectivity index (χ2n) is 8.56. The van der Waals surface area contributed by atoms with E-state index in [4.69, 9.17) is 4.98 Å². The molecule has 1 aromatic carbocycles. The average molecular weight is 406 g/mol. The summed E-state index contributed by atoms with van der Waals surface area (Å²) in [4.78, 5) is 37.3. The van der Waals surface area contributed by atoms with Gasteiger partial charge in [0.25, 0.3) is 11.1 Å². The highest BCUT2D eigenvalue weighted by molar-refractivity contribution is 5.77. The molecule has 156 valence electrons. The summed E-state index contributed by atoms with van der Waals surface area (Å²) in [6.07, 6.45) is 7.98. The molecular weight excluding hydrogens is 378 g/mol. The van der Waals surface area contributed by atoms with Crippen molar-refractivity contribution in [2.75, 3.05) is 6.54 Å². The molecule has 0 amide bonds. The van der Waals surface area contributed by atoms with E-state index in [1.54, 1.807) is 19.4 Å². The van der Waals surface area contributed by atoms with Crippen LogP contribution in [0.4, 0.5) is 0 Å². The third-order valence-corrected chi connectivity index (χ3v) is 6.59. The lowest BCUT2D eigenvalue weighted by Crippen LogP contribution is -2.34. The second-order valence-corrected chi connectivity index (χ2v) is 8.56. The lowest BCUT2D eigenvalue weighted by molar-refractivity contribution is 0.226. The van der Waals surface area contributed by atoms with Crippen LogP contribution in [0.3, 0.4) is 0 Å². The topological polar surface area (TPSA) is 73.0 Å². The molecule has 2 aliphatic rings. The van der Waals surface area contributed by atoms with E-state index in [0.717, 1.165) is 62.1 Å². The highest BCUT2D eigenvalue weighted by atomic mass is 16.1. The lowest BCUT2D eigenvalue weighted by Gasteiger charge is -2.28. The fourth-order valence-electron chi connectivity index (χ4n) is 5.02. The number of aromatic nitrogens is 4. The molecule has 0 bridgehead atoms. The van der Waals surface area contributed by atoms with Gasteiger partial charge in [0, 0.05) is 25.7 Å². The summed E-state index contributed by atoms with van der Waals surface area (Å²) < 4.78 is 3.48. The summed E-state index contributed by atoms with van der Waals surface area (Å²) in [6.45, 7) is 1.50. The predicted molar refractivity (Wildman–Crippen MR) is 115 cm³/mol. The van der Waals surface area contributed by atoms with Gasteiger partial charge >= 0.3 is 0 Å². The van der Waals surface area contributed by atoms with Crippen LogP contribution in [0.5, 0.6) is 0 Å². The van der Waals surface area contributed by atoms with Gasteiger partial charge < -0.3 is 4.57 Å². The standard InChI is InChI=1S/C23H27N5O2/c1-26-15-24-16(13-21(26)29)14-27-12-6-11-20(27)22-25-19-10-5-4-9-18(19)23(30)28(22)17-7-2-3-8-17/h4-5,9-10,13,15,17,20H,2-3,6-8,11-12,14H2,1H3. The molecule has 0 spiro atoms. The van der Waals surface area contributed by atoms with Crippen LogP contribution in [-0.4, -0.2) is 30.5 Å². The number of para-hydroxylation sites is 1. The summed E-state index contributed by atoms with van der Waals surface area (Å²) in [5.74, 6) is 0.881. The molecule has 30 heavy (non-hydrogen) atoms. The van der Waals surface area contributed by atoms with Crippen molar-refractivity contribution in [3.8, 4) is 0 Å². The smallest absolute Gasteiger partial charge is 0.261 e. The fraction of sp³-hybridized carbons (Fsp3) is 0.478. The van der Waals surface area contributed by atoms with Gasteiger partial charge in [0.2, 0.25) is 0 Å². The highest BCUT2D eigenvalue weighted by Crippen LogP contribution is 2.36. The van der Waals surface area contributed by atoms with Gasteiger partial charge in [0.15, 0.2) is 0 Å². The summed E-state index contributed by atoms with van der Waals surface area (Å²) in [5, 5.41) is 0.700. The zero-order chi connectivity index (χ0) is 20.7.